The van der Waals surface area contributed by atoms with Crippen molar-refractivity contribution in [2.45, 2.75) is 18.9 Å². The standard InChI is InChI=1S/C16H24N2O3/c19-15(14-6-2-1-3-7-14)16(20)17-8-4-5-9-18-10-12-21-13-11-18/h1-3,6-7,15,19H,4-5,8-13H2,(H,17,20). The van der Waals surface area contributed by atoms with Crippen molar-refractivity contribution in [3.05, 3.63) is 35.9 Å². The number of ether oxygens (including phenoxy) is 1. The zero-order valence-corrected chi connectivity index (χ0v) is 12.3. The van der Waals surface area contributed by atoms with E-state index in [1.54, 1.807) is 12.1 Å². The Balaban J connectivity index is 1.58. The van der Waals surface area contributed by atoms with E-state index >= 15 is 0 Å². The fourth-order valence-electron chi connectivity index (χ4n) is 2.38. The molecule has 21 heavy (non-hydrogen) atoms. The van der Waals surface area contributed by atoms with Gasteiger partial charge in [0.05, 0.1) is 13.2 Å². The van der Waals surface area contributed by atoms with E-state index in [4.69, 9.17) is 4.74 Å². The van der Waals surface area contributed by atoms with Crippen LogP contribution in [0.1, 0.15) is 24.5 Å². The lowest BCUT2D eigenvalue weighted by molar-refractivity contribution is -0.129. The van der Waals surface area contributed by atoms with Crippen LogP contribution < -0.4 is 5.32 Å². The number of hydrogen-bond donors (Lipinski definition) is 2. The topological polar surface area (TPSA) is 61.8 Å². The van der Waals surface area contributed by atoms with Crippen molar-refractivity contribution >= 4 is 5.91 Å². The molecule has 1 heterocycles. The predicted molar refractivity (Wildman–Crippen MR) is 80.9 cm³/mol. The number of aliphatic hydroxyl groups is 1. The van der Waals surface area contributed by atoms with Gasteiger partial charge in [-0.3, -0.25) is 9.69 Å². The van der Waals surface area contributed by atoms with Crippen LogP contribution in [0.25, 0.3) is 0 Å². The number of unbranched alkanes of at least 4 members (excludes halogenated alkanes) is 1. The molecule has 116 valence electrons. The third-order valence-electron chi connectivity index (χ3n) is 3.67. The zero-order chi connectivity index (χ0) is 14.9. The molecule has 2 rings (SSSR count). The van der Waals surface area contributed by atoms with Crippen LogP contribution in [0.3, 0.4) is 0 Å². The second-order valence-electron chi connectivity index (χ2n) is 5.27. The van der Waals surface area contributed by atoms with Gasteiger partial charge in [-0.05, 0) is 24.9 Å². The minimum absolute atomic E-state index is 0.326. The average Bonchev–Trinajstić information content (AvgIpc) is 2.55. The van der Waals surface area contributed by atoms with E-state index in [1.165, 1.54) is 0 Å². The van der Waals surface area contributed by atoms with E-state index in [-0.39, 0.29) is 5.91 Å². The van der Waals surface area contributed by atoms with Gasteiger partial charge >= 0.3 is 0 Å². The molecule has 1 amide bonds. The average molecular weight is 292 g/mol. The summed E-state index contributed by atoms with van der Waals surface area (Å²) < 4.78 is 5.30. The summed E-state index contributed by atoms with van der Waals surface area (Å²) in [5.74, 6) is -0.326. The molecule has 1 aliphatic rings. The van der Waals surface area contributed by atoms with Gasteiger partial charge in [-0.25, -0.2) is 0 Å². The van der Waals surface area contributed by atoms with Crippen molar-refractivity contribution in [3.8, 4) is 0 Å². The number of carbonyl (C=O) groups is 1. The Bertz CT molecular complexity index is 419. The van der Waals surface area contributed by atoms with Crippen molar-refractivity contribution < 1.29 is 14.6 Å². The summed E-state index contributed by atoms with van der Waals surface area (Å²) in [6.45, 7) is 5.28. The number of rotatable bonds is 7. The number of carbonyl (C=O) groups excluding carboxylic acids is 1. The fourth-order valence-corrected chi connectivity index (χ4v) is 2.38. The van der Waals surface area contributed by atoms with Crippen LogP contribution in [-0.4, -0.2) is 55.3 Å². The van der Waals surface area contributed by atoms with Gasteiger partial charge in [0.2, 0.25) is 0 Å². The lowest BCUT2D eigenvalue weighted by Crippen LogP contribution is -2.37. The third kappa shape index (κ3) is 5.46. The molecule has 0 radical (unpaired) electrons. The second-order valence-corrected chi connectivity index (χ2v) is 5.27. The Kier molecular flexibility index (Phi) is 6.66. The highest BCUT2D eigenvalue weighted by Gasteiger charge is 2.16. The third-order valence-corrected chi connectivity index (χ3v) is 3.67. The van der Waals surface area contributed by atoms with Gasteiger partial charge in [0, 0.05) is 19.6 Å². The molecule has 0 saturated carbocycles. The van der Waals surface area contributed by atoms with E-state index in [0.717, 1.165) is 45.7 Å². The van der Waals surface area contributed by atoms with E-state index in [0.29, 0.717) is 12.1 Å². The molecule has 0 aromatic heterocycles. The van der Waals surface area contributed by atoms with Gasteiger partial charge in [-0.1, -0.05) is 30.3 Å². The largest absolute Gasteiger partial charge is 0.379 e. The number of aliphatic hydroxyl groups excluding tert-OH is 1. The highest BCUT2D eigenvalue weighted by Crippen LogP contribution is 2.11. The number of morpholine rings is 1. The van der Waals surface area contributed by atoms with Crippen molar-refractivity contribution in [3.63, 3.8) is 0 Å². The molecule has 0 spiro atoms. The van der Waals surface area contributed by atoms with Crippen LogP contribution in [0.15, 0.2) is 30.3 Å². The number of nitrogens with zero attached hydrogens (tertiary/aromatic N) is 1. The van der Waals surface area contributed by atoms with Crippen molar-refractivity contribution in [1.29, 1.82) is 0 Å². The molecule has 1 unspecified atom stereocenters. The molecule has 1 fully saturated rings. The Morgan fingerprint density at radius 1 is 1.24 bits per heavy atom. The zero-order valence-electron chi connectivity index (χ0n) is 12.3. The highest BCUT2D eigenvalue weighted by atomic mass is 16.5. The first-order valence-corrected chi connectivity index (χ1v) is 7.58. The molecule has 5 heteroatoms. The molecule has 5 nitrogen and oxygen atoms in total. The van der Waals surface area contributed by atoms with Gasteiger partial charge in [0.15, 0.2) is 6.10 Å². The first-order valence-electron chi connectivity index (χ1n) is 7.58. The summed E-state index contributed by atoms with van der Waals surface area (Å²) >= 11 is 0. The van der Waals surface area contributed by atoms with Crippen LogP contribution >= 0.6 is 0 Å². The number of benzene rings is 1. The predicted octanol–water partition coefficient (Wildman–Crippen LogP) is 0.949. The normalized spacial score (nSPS) is 17.4. The summed E-state index contributed by atoms with van der Waals surface area (Å²) in [6, 6.07) is 8.99. The van der Waals surface area contributed by atoms with Gasteiger partial charge < -0.3 is 15.2 Å². The molecule has 1 aromatic carbocycles. The molecule has 2 N–H and O–H groups in total. The van der Waals surface area contributed by atoms with Gasteiger partial charge in [-0.15, -0.1) is 0 Å². The van der Waals surface area contributed by atoms with Crippen LogP contribution in [-0.2, 0) is 9.53 Å². The fraction of sp³-hybridized carbons (Fsp3) is 0.562. The van der Waals surface area contributed by atoms with E-state index in [1.807, 2.05) is 18.2 Å². The minimum Gasteiger partial charge on any atom is -0.379 e. The summed E-state index contributed by atoms with van der Waals surface area (Å²) in [4.78, 5) is 14.2. The molecule has 1 saturated heterocycles. The first kappa shape index (κ1) is 15.9. The summed E-state index contributed by atoms with van der Waals surface area (Å²) in [6.07, 6.45) is 0.886. The molecule has 1 aliphatic heterocycles. The van der Waals surface area contributed by atoms with Crippen LogP contribution in [0.4, 0.5) is 0 Å². The molecule has 1 atom stereocenters. The van der Waals surface area contributed by atoms with Crippen molar-refractivity contribution in [2.75, 3.05) is 39.4 Å². The number of amides is 1. The van der Waals surface area contributed by atoms with Gasteiger partial charge in [-0.2, -0.15) is 0 Å². The summed E-state index contributed by atoms with van der Waals surface area (Å²) in [5, 5.41) is 12.7. The Labute approximate surface area is 125 Å². The van der Waals surface area contributed by atoms with Gasteiger partial charge in [0.1, 0.15) is 0 Å². The SMILES string of the molecule is O=C(NCCCCN1CCOCC1)C(O)c1ccccc1. The highest BCUT2D eigenvalue weighted by molar-refractivity contribution is 5.81. The molecular weight excluding hydrogens is 268 g/mol. The van der Waals surface area contributed by atoms with Crippen molar-refractivity contribution in [2.24, 2.45) is 0 Å². The minimum atomic E-state index is -1.08. The smallest absolute Gasteiger partial charge is 0.253 e. The molecule has 1 aromatic rings. The number of nitrogens with one attached hydrogen (secondary N) is 1. The monoisotopic (exact) mass is 292 g/mol. The summed E-state index contributed by atoms with van der Waals surface area (Å²) in [7, 11) is 0. The first-order chi connectivity index (χ1) is 10.3. The lowest BCUT2D eigenvalue weighted by Gasteiger charge is -2.26. The van der Waals surface area contributed by atoms with E-state index in [2.05, 4.69) is 10.2 Å². The van der Waals surface area contributed by atoms with Crippen LogP contribution in [0, 0.1) is 0 Å². The molecule has 0 bridgehead atoms. The van der Waals surface area contributed by atoms with Crippen LogP contribution in [0.5, 0.6) is 0 Å². The maximum absolute atomic E-state index is 11.8. The Hall–Kier alpha value is -1.43. The molecule has 0 aliphatic carbocycles. The summed E-state index contributed by atoms with van der Waals surface area (Å²) in [5.41, 5.74) is 0.628. The van der Waals surface area contributed by atoms with E-state index < -0.39 is 6.10 Å². The maximum atomic E-state index is 11.8. The molecular formula is C16H24N2O3. The Morgan fingerprint density at radius 2 is 1.95 bits per heavy atom. The quantitative estimate of drug-likeness (QED) is 0.735. The maximum Gasteiger partial charge on any atom is 0.253 e. The number of hydrogen-bond acceptors (Lipinski definition) is 4. The van der Waals surface area contributed by atoms with Gasteiger partial charge in [0.25, 0.3) is 5.91 Å². The van der Waals surface area contributed by atoms with Crippen molar-refractivity contribution in [1.82, 2.24) is 10.2 Å². The Morgan fingerprint density at radius 3 is 2.67 bits per heavy atom. The van der Waals surface area contributed by atoms with Crippen LogP contribution in [0.2, 0.25) is 0 Å². The second kappa shape index (κ2) is 8.77. The van der Waals surface area contributed by atoms with E-state index in [9.17, 15) is 9.90 Å². The lowest BCUT2D eigenvalue weighted by atomic mass is 10.1.